The van der Waals surface area contributed by atoms with Crippen LogP contribution in [0, 0.1) is 10.1 Å². The minimum atomic E-state index is -1.41. The maximum absolute atomic E-state index is 12.1. The molecule has 2 aromatic carbocycles. The van der Waals surface area contributed by atoms with Gasteiger partial charge in [-0.2, -0.15) is 0 Å². The molecule has 0 unspecified atom stereocenters. The fraction of sp³-hybridized carbons (Fsp3) is 0.0667. The molecule has 1 atom stereocenters. The molecule has 0 saturated carbocycles. The highest BCUT2D eigenvalue weighted by Crippen LogP contribution is 2.27. The minimum absolute atomic E-state index is 0.210. The van der Waals surface area contributed by atoms with Crippen molar-refractivity contribution in [3.05, 3.63) is 75.8 Å². The fourth-order valence-electron chi connectivity index (χ4n) is 2.30. The molecular formula is C15H10N2O3. The van der Waals surface area contributed by atoms with E-state index < -0.39 is 16.7 Å². The molecule has 5 heteroatoms. The van der Waals surface area contributed by atoms with Gasteiger partial charge in [-0.05, 0) is 12.1 Å². The number of carbonyl (C=O) groups excluding carboxylic acids is 1. The van der Waals surface area contributed by atoms with Crippen LogP contribution in [0.1, 0.15) is 15.9 Å². The first kappa shape index (κ1) is 12.2. The molecule has 0 heterocycles. The van der Waals surface area contributed by atoms with Crippen LogP contribution < -0.4 is 0 Å². The van der Waals surface area contributed by atoms with Crippen molar-refractivity contribution in [1.82, 2.24) is 0 Å². The first-order chi connectivity index (χ1) is 9.68. The van der Waals surface area contributed by atoms with E-state index in [1.807, 2.05) is 6.07 Å². The second-order valence-corrected chi connectivity index (χ2v) is 4.43. The van der Waals surface area contributed by atoms with Crippen LogP contribution in [0.5, 0.6) is 0 Å². The van der Waals surface area contributed by atoms with Crippen LogP contribution in [0.15, 0.2) is 59.6 Å². The first-order valence-corrected chi connectivity index (χ1v) is 6.09. The van der Waals surface area contributed by atoms with E-state index in [0.29, 0.717) is 16.8 Å². The Balaban J connectivity index is 2.18. The van der Waals surface area contributed by atoms with Gasteiger partial charge in [-0.25, -0.2) is 4.99 Å². The second kappa shape index (κ2) is 4.70. The summed E-state index contributed by atoms with van der Waals surface area (Å²) in [5, 5.41) is 11.2. The van der Waals surface area contributed by atoms with E-state index in [1.165, 1.54) is 0 Å². The van der Waals surface area contributed by atoms with Crippen LogP contribution in [-0.2, 0) is 0 Å². The average molecular weight is 266 g/mol. The molecule has 0 radical (unpaired) electrons. The summed E-state index contributed by atoms with van der Waals surface area (Å²) in [4.78, 5) is 27.0. The van der Waals surface area contributed by atoms with Crippen molar-refractivity contribution in [2.75, 3.05) is 0 Å². The van der Waals surface area contributed by atoms with E-state index >= 15 is 0 Å². The number of carbonyl (C=O) groups is 1. The lowest BCUT2D eigenvalue weighted by molar-refractivity contribution is -0.485. The van der Waals surface area contributed by atoms with Crippen molar-refractivity contribution in [3.8, 4) is 0 Å². The number of nitrogens with zero attached hydrogens (tertiary/aromatic N) is 2. The van der Waals surface area contributed by atoms with E-state index in [0.717, 1.165) is 0 Å². The SMILES string of the molecule is O=C1c2ccccc2C(=Nc2ccccc2)[C@@H]1[N+](=O)[O-]. The largest absolute Gasteiger partial charge is 0.316 e. The van der Waals surface area contributed by atoms with Gasteiger partial charge in [-0.3, -0.25) is 14.9 Å². The molecule has 1 aliphatic rings. The smallest absolute Gasteiger partial charge is 0.286 e. The van der Waals surface area contributed by atoms with E-state index in [1.54, 1.807) is 48.5 Å². The Morgan fingerprint density at radius 2 is 1.55 bits per heavy atom. The lowest BCUT2D eigenvalue weighted by atomic mass is 10.1. The topological polar surface area (TPSA) is 72.6 Å². The maximum Gasteiger partial charge on any atom is 0.316 e. The van der Waals surface area contributed by atoms with Crippen molar-refractivity contribution in [3.63, 3.8) is 0 Å². The molecule has 5 nitrogen and oxygen atoms in total. The van der Waals surface area contributed by atoms with Gasteiger partial charge in [0.25, 0.3) is 0 Å². The van der Waals surface area contributed by atoms with Crippen molar-refractivity contribution >= 4 is 17.2 Å². The summed E-state index contributed by atoms with van der Waals surface area (Å²) in [6.45, 7) is 0. The summed E-state index contributed by atoms with van der Waals surface area (Å²) >= 11 is 0. The molecule has 0 amide bonds. The van der Waals surface area contributed by atoms with Crippen molar-refractivity contribution < 1.29 is 9.72 Å². The number of rotatable bonds is 2. The average Bonchev–Trinajstić information content (AvgIpc) is 2.74. The number of fused-ring (bicyclic) bond motifs is 1. The van der Waals surface area contributed by atoms with Crippen LogP contribution in [-0.4, -0.2) is 22.5 Å². The number of hydrogen-bond donors (Lipinski definition) is 0. The zero-order chi connectivity index (χ0) is 14.1. The highest BCUT2D eigenvalue weighted by atomic mass is 16.6. The Kier molecular flexibility index (Phi) is 2.87. The molecule has 0 aliphatic heterocycles. The van der Waals surface area contributed by atoms with Crippen LogP contribution in [0.4, 0.5) is 5.69 Å². The highest BCUT2D eigenvalue weighted by molar-refractivity contribution is 6.30. The monoisotopic (exact) mass is 266 g/mol. The quantitative estimate of drug-likeness (QED) is 0.619. The number of aliphatic imine (C=N–C) groups is 1. The van der Waals surface area contributed by atoms with Gasteiger partial charge in [0.1, 0.15) is 5.71 Å². The Morgan fingerprint density at radius 3 is 2.20 bits per heavy atom. The van der Waals surface area contributed by atoms with Gasteiger partial charge in [0.15, 0.2) is 0 Å². The third-order valence-corrected chi connectivity index (χ3v) is 3.19. The zero-order valence-electron chi connectivity index (χ0n) is 10.4. The molecule has 0 aromatic heterocycles. The van der Waals surface area contributed by atoms with E-state index in [4.69, 9.17) is 0 Å². The summed E-state index contributed by atoms with van der Waals surface area (Å²) in [6, 6.07) is 14.2. The molecule has 0 bridgehead atoms. The molecule has 0 N–H and O–H groups in total. The summed E-state index contributed by atoms with van der Waals surface area (Å²) in [5.41, 5.74) is 1.72. The molecular weight excluding hydrogens is 256 g/mol. The predicted octanol–water partition coefficient (Wildman–Crippen LogP) is 2.65. The summed E-state index contributed by atoms with van der Waals surface area (Å²) < 4.78 is 0. The number of nitro groups is 1. The number of benzene rings is 2. The highest BCUT2D eigenvalue weighted by Gasteiger charge is 2.45. The van der Waals surface area contributed by atoms with E-state index in [-0.39, 0.29) is 5.71 Å². The van der Waals surface area contributed by atoms with Crippen LogP contribution >= 0.6 is 0 Å². The minimum Gasteiger partial charge on any atom is -0.286 e. The van der Waals surface area contributed by atoms with Crippen molar-refractivity contribution in [1.29, 1.82) is 0 Å². The lowest BCUT2D eigenvalue weighted by Crippen LogP contribution is -2.31. The van der Waals surface area contributed by atoms with Gasteiger partial charge in [-0.15, -0.1) is 0 Å². The fourth-order valence-corrected chi connectivity index (χ4v) is 2.30. The number of hydrogen-bond acceptors (Lipinski definition) is 4. The van der Waals surface area contributed by atoms with Gasteiger partial charge in [0.2, 0.25) is 5.78 Å². The molecule has 98 valence electrons. The van der Waals surface area contributed by atoms with Crippen LogP contribution in [0.3, 0.4) is 0 Å². The van der Waals surface area contributed by atoms with Gasteiger partial charge in [-0.1, -0.05) is 42.5 Å². The normalized spacial score (nSPS) is 19.1. The molecule has 20 heavy (non-hydrogen) atoms. The Hall–Kier alpha value is -2.82. The predicted molar refractivity (Wildman–Crippen MR) is 74.2 cm³/mol. The molecule has 2 aromatic rings. The van der Waals surface area contributed by atoms with Crippen molar-refractivity contribution in [2.24, 2.45) is 4.99 Å². The molecule has 0 spiro atoms. The molecule has 3 rings (SSSR count). The summed E-state index contributed by atoms with van der Waals surface area (Å²) in [6.07, 6.45) is 0. The maximum atomic E-state index is 12.1. The lowest BCUT2D eigenvalue weighted by Gasteiger charge is -2.02. The Bertz CT molecular complexity index is 723. The summed E-state index contributed by atoms with van der Waals surface area (Å²) in [5.74, 6) is -0.500. The van der Waals surface area contributed by atoms with Gasteiger partial charge in [0, 0.05) is 16.1 Å². The van der Waals surface area contributed by atoms with E-state index in [9.17, 15) is 14.9 Å². The molecule has 0 fully saturated rings. The third-order valence-electron chi connectivity index (χ3n) is 3.19. The number of ketones is 1. The number of para-hydroxylation sites is 1. The Labute approximate surface area is 114 Å². The van der Waals surface area contributed by atoms with Crippen molar-refractivity contribution in [2.45, 2.75) is 6.04 Å². The van der Waals surface area contributed by atoms with Gasteiger partial charge >= 0.3 is 6.04 Å². The standard InChI is InChI=1S/C15H10N2O3/c18-15-12-9-5-4-8-11(12)13(14(15)17(19)20)16-10-6-2-1-3-7-10/h1-9,14H/t14-/m0/s1. The van der Waals surface area contributed by atoms with Gasteiger partial charge in [0.05, 0.1) is 5.69 Å². The second-order valence-electron chi connectivity index (χ2n) is 4.43. The van der Waals surface area contributed by atoms with Crippen LogP contribution in [0.25, 0.3) is 0 Å². The number of Topliss-reactive ketones (excluding diaryl/α,β-unsaturated/α-hetero) is 1. The first-order valence-electron chi connectivity index (χ1n) is 6.09. The summed E-state index contributed by atoms with van der Waals surface area (Å²) in [7, 11) is 0. The molecule has 0 saturated heterocycles. The van der Waals surface area contributed by atoms with Crippen LogP contribution in [0.2, 0.25) is 0 Å². The molecule has 1 aliphatic carbocycles. The van der Waals surface area contributed by atoms with E-state index in [2.05, 4.69) is 4.99 Å². The zero-order valence-corrected chi connectivity index (χ0v) is 10.4. The third kappa shape index (κ3) is 1.89. The van der Waals surface area contributed by atoms with Gasteiger partial charge < -0.3 is 0 Å². The Morgan fingerprint density at radius 1 is 0.950 bits per heavy atom.